The molecule has 3 aliphatic rings. The van der Waals surface area contributed by atoms with E-state index in [-0.39, 0.29) is 6.10 Å². The van der Waals surface area contributed by atoms with Crippen LogP contribution in [0.3, 0.4) is 0 Å². The first-order valence-corrected chi connectivity index (χ1v) is 7.27. The van der Waals surface area contributed by atoms with E-state index in [1.54, 1.807) is 6.07 Å². The molecule has 19 heavy (non-hydrogen) atoms. The quantitative estimate of drug-likeness (QED) is 0.889. The van der Waals surface area contributed by atoms with E-state index in [9.17, 15) is 13.9 Å². The molecule has 1 aromatic rings. The van der Waals surface area contributed by atoms with Crippen LogP contribution in [0.4, 0.5) is 8.78 Å². The van der Waals surface area contributed by atoms with Crippen LogP contribution < -0.4 is 0 Å². The lowest BCUT2D eigenvalue weighted by atomic mass is 9.95. The number of fused-ring (bicyclic) bond motifs is 5. The van der Waals surface area contributed by atoms with Crippen molar-refractivity contribution >= 4 is 0 Å². The van der Waals surface area contributed by atoms with Gasteiger partial charge in [0.15, 0.2) is 11.6 Å². The minimum absolute atomic E-state index is 0.386. The fraction of sp³-hybridized carbons (Fsp3) is 0.625. The Kier molecular flexibility index (Phi) is 2.50. The van der Waals surface area contributed by atoms with E-state index in [4.69, 9.17) is 0 Å². The van der Waals surface area contributed by atoms with Gasteiger partial charge in [0.25, 0.3) is 0 Å². The summed E-state index contributed by atoms with van der Waals surface area (Å²) in [5.41, 5.74) is 0.698. The fourth-order valence-electron chi connectivity index (χ4n) is 4.95. The summed E-state index contributed by atoms with van der Waals surface area (Å²) < 4.78 is 26.0. The lowest BCUT2D eigenvalue weighted by Gasteiger charge is -2.15. The van der Waals surface area contributed by atoms with Gasteiger partial charge in [-0.1, -0.05) is 6.07 Å². The van der Waals surface area contributed by atoms with Gasteiger partial charge < -0.3 is 5.11 Å². The number of hydrogen-bond donors (Lipinski definition) is 1. The van der Waals surface area contributed by atoms with Gasteiger partial charge in [0.2, 0.25) is 0 Å². The zero-order valence-electron chi connectivity index (χ0n) is 10.7. The van der Waals surface area contributed by atoms with Crippen LogP contribution in [0.1, 0.15) is 24.8 Å². The Hall–Kier alpha value is -0.960. The maximum Gasteiger partial charge on any atom is 0.159 e. The molecule has 5 unspecified atom stereocenters. The monoisotopic (exact) mass is 264 g/mol. The maximum atomic E-state index is 13.2. The smallest absolute Gasteiger partial charge is 0.159 e. The Morgan fingerprint density at radius 3 is 2.42 bits per heavy atom. The van der Waals surface area contributed by atoms with Gasteiger partial charge in [0.1, 0.15) is 0 Å². The van der Waals surface area contributed by atoms with Crippen molar-refractivity contribution in [2.75, 3.05) is 0 Å². The van der Waals surface area contributed by atoms with Crippen LogP contribution >= 0.6 is 0 Å². The van der Waals surface area contributed by atoms with Gasteiger partial charge in [0, 0.05) is 0 Å². The predicted octanol–water partition coefficient (Wildman–Crippen LogP) is 3.16. The summed E-state index contributed by atoms with van der Waals surface area (Å²) in [7, 11) is 0. The van der Waals surface area contributed by atoms with Gasteiger partial charge in [-0.15, -0.1) is 0 Å². The molecule has 2 bridgehead atoms. The van der Waals surface area contributed by atoms with Crippen LogP contribution in [0.2, 0.25) is 0 Å². The molecule has 0 saturated heterocycles. The molecule has 102 valence electrons. The third kappa shape index (κ3) is 1.74. The van der Waals surface area contributed by atoms with E-state index in [1.807, 2.05) is 0 Å². The highest BCUT2D eigenvalue weighted by Crippen LogP contribution is 2.70. The van der Waals surface area contributed by atoms with Crippen molar-refractivity contribution in [3.8, 4) is 0 Å². The average Bonchev–Trinajstić information content (AvgIpc) is 2.83. The van der Waals surface area contributed by atoms with Crippen LogP contribution in [0.25, 0.3) is 0 Å². The molecule has 3 aliphatic carbocycles. The summed E-state index contributed by atoms with van der Waals surface area (Å²) in [6.45, 7) is 0. The molecular formula is C16H18F2O. The second kappa shape index (κ2) is 4.02. The first kappa shape index (κ1) is 11.8. The number of rotatable bonds is 3. The molecule has 1 aromatic carbocycles. The van der Waals surface area contributed by atoms with E-state index in [1.165, 1.54) is 25.3 Å². The normalized spacial score (nSPS) is 40.3. The van der Waals surface area contributed by atoms with E-state index in [2.05, 4.69) is 0 Å². The van der Waals surface area contributed by atoms with Gasteiger partial charge in [-0.3, -0.25) is 0 Å². The number of benzene rings is 1. The molecular weight excluding hydrogens is 246 g/mol. The van der Waals surface area contributed by atoms with Crippen molar-refractivity contribution in [3.05, 3.63) is 35.4 Å². The highest BCUT2D eigenvalue weighted by molar-refractivity contribution is 5.21. The Balaban J connectivity index is 1.45. The van der Waals surface area contributed by atoms with Gasteiger partial charge in [-0.2, -0.15) is 0 Å². The Labute approximate surface area is 111 Å². The molecule has 1 nitrogen and oxygen atoms in total. The SMILES string of the molecule is OC(Cc1ccc(F)c(F)c1)C1C2C3CCC(C3)C12. The summed E-state index contributed by atoms with van der Waals surface area (Å²) in [5, 5.41) is 10.4. The van der Waals surface area contributed by atoms with Crippen molar-refractivity contribution in [1.29, 1.82) is 0 Å². The van der Waals surface area contributed by atoms with Gasteiger partial charge >= 0.3 is 0 Å². The van der Waals surface area contributed by atoms with Crippen molar-refractivity contribution in [2.45, 2.75) is 31.8 Å². The minimum Gasteiger partial charge on any atom is -0.392 e. The molecule has 0 spiro atoms. The van der Waals surface area contributed by atoms with Crippen molar-refractivity contribution in [1.82, 2.24) is 0 Å². The molecule has 0 aliphatic heterocycles. The molecule has 1 N–H and O–H groups in total. The zero-order chi connectivity index (χ0) is 13.1. The summed E-state index contributed by atoms with van der Waals surface area (Å²) in [5.74, 6) is 1.89. The minimum atomic E-state index is -0.820. The predicted molar refractivity (Wildman–Crippen MR) is 67.4 cm³/mol. The maximum absolute atomic E-state index is 13.2. The van der Waals surface area contributed by atoms with Crippen LogP contribution in [0.15, 0.2) is 18.2 Å². The molecule has 4 rings (SSSR count). The van der Waals surface area contributed by atoms with Crippen molar-refractivity contribution < 1.29 is 13.9 Å². The van der Waals surface area contributed by atoms with Crippen molar-refractivity contribution in [3.63, 3.8) is 0 Å². The number of halogens is 2. The largest absolute Gasteiger partial charge is 0.392 e. The first-order chi connectivity index (χ1) is 9.15. The van der Waals surface area contributed by atoms with Crippen LogP contribution in [-0.4, -0.2) is 11.2 Å². The standard InChI is InChI=1S/C16H18F2O/c17-11-4-1-8(5-12(11)18)6-13(19)16-14-9-2-3-10(7-9)15(14)16/h1,4-5,9-10,13-16,19H,2-3,6-7H2. The molecule has 3 fully saturated rings. The summed E-state index contributed by atoms with van der Waals surface area (Å²) in [6.07, 6.45) is 4.10. The molecule has 0 radical (unpaired) electrons. The number of aliphatic hydroxyl groups is 1. The topological polar surface area (TPSA) is 20.2 Å². The molecule has 5 atom stereocenters. The van der Waals surface area contributed by atoms with Gasteiger partial charge in [-0.05, 0) is 73.0 Å². The summed E-state index contributed by atoms with van der Waals surface area (Å²) in [6, 6.07) is 3.94. The van der Waals surface area contributed by atoms with E-state index >= 15 is 0 Å². The third-order valence-corrected chi connectivity index (χ3v) is 5.67. The first-order valence-electron chi connectivity index (χ1n) is 7.27. The third-order valence-electron chi connectivity index (χ3n) is 5.67. The lowest BCUT2D eigenvalue weighted by Crippen LogP contribution is -2.18. The van der Waals surface area contributed by atoms with Gasteiger partial charge in [-0.25, -0.2) is 8.78 Å². The van der Waals surface area contributed by atoms with Crippen LogP contribution in [-0.2, 0) is 6.42 Å². The van der Waals surface area contributed by atoms with Crippen LogP contribution in [0.5, 0.6) is 0 Å². The zero-order valence-corrected chi connectivity index (χ0v) is 10.7. The molecule has 0 amide bonds. The fourth-order valence-corrected chi connectivity index (χ4v) is 4.95. The Morgan fingerprint density at radius 1 is 1.11 bits per heavy atom. The van der Waals surface area contributed by atoms with E-state index in [0.717, 1.165) is 29.7 Å². The second-order valence-electron chi connectivity index (χ2n) is 6.59. The van der Waals surface area contributed by atoms with E-state index in [0.29, 0.717) is 17.9 Å². The lowest BCUT2D eigenvalue weighted by molar-refractivity contribution is 0.128. The summed E-state index contributed by atoms with van der Waals surface area (Å²) >= 11 is 0. The molecule has 0 aromatic heterocycles. The Bertz CT molecular complexity index is 499. The van der Waals surface area contributed by atoms with E-state index < -0.39 is 11.6 Å². The molecule has 0 heterocycles. The highest BCUT2D eigenvalue weighted by atomic mass is 19.2. The number of hydrogen-bond acceptors (Lipinski definition) is 1. The Morgan fingerprint density at radius 2 is 1.79 bits per heavy atom. The number of aliphatic hydroxyl groups excluding tert-OH is 1. The van der Waals surface area contributed by atoms with Crippen LogP contribution in [0, 0.1) is 41.2 Å². The molecule has 3 heteroatoms. The summed E-state index contributed by atoms with van der Waals surface area (Å²) in [4.78, 5) is 0. The molecule has 3 saturated carbocycles. The van der Waals surface area contributed by atoms with Gasteiger partial charge in [0.05, 0.1) is 6.10 Å². The average molecular weight is 264 g/mol. The van der Waals surface area contributed by atoms with Crippen molar-refractivity contribution in [2.24, 2.45) is 29.6 Å². The highest BCUT2D eigenvalue weighted by Gasteiger charge is 2.66. The second-order valence-corrected chi connectivity index (χ2v) is 6.59.